The summed E-state index contributed by atoms with van der Waals surface area (Å²) in [5, 5.41) is 26.9. The van der Waals surface area contributed by atoms with Gasteiger partial charge in [-0.2, -0.15) is 0 Å². The number of carboxylic acids is 1. The minimum atomic E-state index is -1.13. The van der Waals surface area contributed by atoms with E-state index in [-0.39, 0.29) is 28.9 Å². The minimum absolute atomic E-state index is 0.00555. The molecule has 29 heavy (non-hydrogen) atoms. The Morgan fingerprint density at radius 1 is 1.52 bits per heavy atom. The molecule has 0 spiro atoms. The van der Waals surface area contributed by atoms with E-state index in [1.807, 2.05) is 0 Å². The molecule has 154 valence electrons. The molecule has 1 unspecified atom stereocenters. The second-order valence-electron chi connectivity index (χ2n) is 6.76. The highest BCUT2D eigenvalue weighted by Crippen LogP contribution is 2.42. The zero-order chi connectivity index (χ0) is 20.7. The minimum Gasteiger partial charge on any atom is -0.477 e. The van der Waals surface area contributed by atoms with Crippen molar-refractivity contribution in [3.63, 3.8) is 0 Å². The van der Waals surface area contributed by atoms with Crippen molar-refractivity contribution in [2.75, 3.05) is 11.5 Å². The molecule has 1 aromatic rings. The van der Waals surface area contributed by atoms with Crippen molar-refractivity contribution >= 4 is 59.0 Å². The fraction of sp³-hybridized carbons (Fsp3) is 0.533. The van der Waals surface area contributed by atoms with Crippen molar-refractivity contribution in [1.82, 2.24) is 35.7 Å². The predicted molar refractivity (Wildman–Crippen MR) is 108 cm³/mol. The summed E-state index contributed by atoms with van der Waals surface area (Å²) in [5.41, 5.74) is 0.677. The Labute approximate surface area is 179 Å². The van der Waals surface area contributed by atoms with E-state index in [1.54, 1.807) is 7.05 Å². The molecule has 3 heterocycles. The summed E-state index contributed by atoms with van der Waals surface area (Å²) in [4.78, 5) is 37.0. The van der Waals surface area contributed by atoms with E-state index in [2.05, 4.69) is 26.2 Å². The molecule has 0 bridgehead atoms. The van der Waals surface area contributed by atoms with Crippen molar-refractivity contribution in [1.29, 1.82) is 0 Å². The van der Waals surface area contributed by atoms with Crippen LogP contribution in [-0.2, 0) is 21.4 Å². The fourth-order valence-corrected chi connectivity index (χ4v) is 6.03. The molecule has 0 aromatic carbocycles. The van der Waals surface area contributed by atoms with Gasteiger partial charge < -0.3 is 15.7 Å². The van der Waals surface area contributed by atoms with Gasteiger partial charge in [-0.15, -0.1) is 16.9 Å². The molecule has 2 fully saturated rings. The molecule has 14 heteroatoms. The number of β-lactam (4-membered cyclic amide) rings is 1. The number of rotatable bonds is 8. The van der Waals surface area contributed by atoms with Gasteiger partial charge in [-0.25, -0.2) is 9.48 Å². The van der Waals surface area contributed by atoms with E-state index in [1.165, 1.54) is 33.1 Å². The van der Waals surface area contributed by atoms with Crippen molar-refractivity contribution in [2.45, 2.75) is 29.0 Å². The number of amides is 2. The molecule has 2 aliphatic heterocycles. The highest BCUT2D eigenvalue weighted by Gasteiger charge is 2.55. The van der Waals surface area contributed by atoms with Gasteiger partial charge in [-0.1, -0.05) is 24.0 Å². The number of thioether (sulfide) groups is 2. The number of tetrazole rings is 1. The molecule has 2 amide bonds. The van der Waals surface area contributed by atoms with Gasteiger partial charge in [-0.05, 0) is 22.4 Å². The molecule has 4 atom stereocenters. The van der Waals surface area contributed by atoms with Gasteiger partial charge in [0.25, 0.3) is 5.91 Å². The van der Waals surface area contributed by atoms with Gasteiger partial charge in [-0.3, -0.25) is 14.5 Å². The smallest absolute Gasteiger partial charge is 0.352 e. The van der Waals surface area contributed by atoms with Gasteiger partial charge >= 0.3 is 5.97 Å². The summed E-state index contributed by atoms with van der Waals surface area (Å²) in [6.07, 6.45) is 1.38. The maximum Gasteiger partial charge on any atom is 0.352 e. The average Bonchev–Trinajstić information content (AvgIpc) is 3.35. The molecule has 3 aliphatic rings. The third-order valence-electron chi connectivity index (χ3n) is 4.91. The second kappa shape index (κ2) is 7.91. The first-order valence-electron chi connectivity index (χ1n) is 8.67. The van der Waals surface area contributed by atoms with Crippen LogP contribution >= 0.6 is 35.7 Å². The van der Waals surface area contributed by atoms with Gasteiger partial charge in [0.15, 0.2) is 0 Å². The third kappa shape index (κ3) is 3.71. The molecule has 1 saturated heterocycles. The van der Waals surface area contributed by atoms with E-state index in [0.29, 0.717) is 33.6 Å². The summed E-state index contributed by atoms with van der Waals surface area (Å²) < 4.78 is 1.50. The van der Waals surface area contributed by atoms with Crippen LogP contribution in [0.4, 0.5) is 0 Å². The van der Waals surface area contributed by atoms with Gasteiger partial charge in [0.1, 0.15) is 17.1 Å². The van der Waals surface area contributed by atoms with Crippen LogP contribution in [-0.4, -0.2) is 82.5 Å². The molecule has 11 nitrogen and oxygen atoms in total. The number of nitrogens with one attached hydrogen (secondary N) is 2. The molecule has 0 radical (unpaired) electrons. The molecular weight excluding hydrogens is 438 g/mol. The van der Waals surface area contributed by atoms with Gasteiger partial charge in [0, 0.05) is 30.5 Å². The first-order valence-corrected chi connectivity index (χ1v) is 11.1. The van der Waals surface area contributed by atoms with Crippen LogP contribution in [0.1, 0.15) is 6.42 Å². The standard InChI is InChI=1S/C15H17N7O4S3/c1-21-15(18-19-20-21)29-4-6-3-28-13-9(12(24)22(13)10(6)14(25)26)17-11(27)7-2-8(7)16-5-23/h5,7-9,13H,2-4H2,1H3,(H,16,23)(H,17,27)(H,25,26)/t7-,8-,9?,13-/m0/s1. The first-order chi connectivity index (χ1) is 13.9. The van der Waals surface area contributed by atoms with Crippen LogP contribution in [0.2, 0.25) is 0 Å². The summed E-state index contributed by atoms with van der Waals surface area (Å²) >= 11 is 8.18. The topological polar surface area (TPSA) is 142 Å². The molecule has 1 aliphatic carbocycles. The summed E-state index contributed by atoms with van der Waals surface area (Å²) in [6.45, 7) is 0. The van der Waals surface area contributed by atoms with Crippen LogP contribution in [0.5, 0.6) is 0 Å². The second-order valence-corrected chi connectivity index (χ2v) is 9.25. The average molecular weight is 456 g/mol. The Morgan fingerprint density at radius 2 is 2.31 bits per heavy atom. The van der Waals surface area contributed by atoms with Gasteiger partial charge in [0.05, 0.1) is 4.99 Å². The zero-order valence-corrected chi connectivity index (χ0v) is 17.6. The monoisotopic (exact) mass is 455 g/mol. The molecule has 3 N–H and O–H groups in total. The summed E-state index contributed by atoms with van der Waals surface area (Å²) in [7, 11) is 1.70. The number of carbonyl (C=O) groups is 3. The predicted octanol–water partition coefficient (Wildman–Crippen LogP) is -1.02. The highest BCUT2D eigenvalue weighted by atomic mass is 32.2. The number of hydrogen-bond acceptors (Lipinski definition) is 9. The summed E-state index contributed by atoms with van der Waals surface area (Å²) in [5.74, 6) is -0.569. The van der Waals surface area contributed by atoms with E-state index < -0.39 is 12.0 Å². The SMILES string of the molecule is Cn1nnnc1SCC1=C(C(=O)O)N2C(=O)C(NC(=S)[C@H]3C[C@@H]3NC=O)[C@@H]2SC1. The van der Waals surface area contributed by atoms with Gasteiger partial charge in [0.2, 0.25) is 11.6 Å². The lowest BCUT2D eigenvalue weighted by molar-refractivity contribution is -0.148. The molecule has 1 saturated carbocycles. The Bertz CT molecular complexity index is 919. The molecular formula is C15H17N7O4S3. The highest BCUT2D eigenvalue weighted by molar-refractivity contribution is 8.01. The number of aryl methyl sites for hydroxylation is 1. The van der Waals surface area contributed by atoms with Crippen LogP contribution in [0.25, 0.3) is 0 Å². The Morgan fingerprint density at radius 3 is 2.97 bits per heavy atom. The lowest BCUT2D eigenvalue weighted by Gasteiger charge is -2.49. The Hall–Kier alpha value is -2.19. The normalized spacial score (nSPS) is 27.8. The van der Waals surface area contributed by atoms with Crippen LogP contribution in [0, 0.1) is 5.92 Å². The Kier molecular flexibility index (Phi) is 5.48. The van der Waals surface area contributed by atoms with E-state index >= 15 is 0 Å². The number of fused-ring (bicyclic) bond motifs is 1. The van der Waals surface area contributed by atoms with Crippen molar-refractivity contribution in [2.24, 2.45) is 13.0 Å². The number of hydrogen-bond donors (Lipinski definition) is 3. The van der Waals surface area contributed by atoms with E-state index in [9.17, 15) is 19.5 Å². The lowest BCUT2D eigenvalue weighted by atomic mass is 10.0. The number of aliphatic carboxylic acids is 1. The summed E-state index contributed by atoms with van der Waals surface area (Å²) in [6, 6.07) is -0.553. The fourth-order valence-electron chi connectivity index (χ4n) is 3.31. The third-order valence-corrected chi connectivity index (χ3v) is 7.77. The largest absolute Gasteiger partial charge is 0.477 e. The zero-order valence-electron chi connectivity index (χ0n) is 15.1. The van der Waals surface area contributed by atoms with E-state index in [0.717, 1.165) is 6.42 Å². The number of thiocarbonyl (C=S) groups is 1. The molecule has 4 rings (SSSR count). The van der Waals surface area contributed by atoms with Crippen LogP contribution in [0.3, 0.4) is 0 Å². The van der Waals surface area contributed by atoms with Crippen molar-refractivity contribution in [3.8, 4) is 0 Å². The maximum absolute atomic E-state index is 12.7. The number of nitrogens with zero attached hydrogens (tertiary/aromatic N) is 5. The first kappa shape index (κ1) is 20.1. The van der Waals surface area contributed by atoms with Crippen molar-refractivity contribution in [3.05, 3.63) is 11.3 Å². The van der Waals surface area contributed by atoms with Crippen LogP contribution < -0.4 is 10.6 Å². The molecule has 1 aromatic heterocycles. The number of carboxylic acid groups (broad SMARTS) is 1. The van der Waals surface area contributed by atoms with Crippen molar-refractivity contribution < 1.29 is 19.5 Å². The number of carbonyl (C=O) groups excluding carboxylic acids is 2. The quantitative estimate of drug-likeness (QED) is 0.192. The van der Waals surface area contributed by atoms with Crippen LogP contribution in [0.15, 0.2) is 16.4 Å². The Balaban J connectivity index is 1.43. The number of aromatic nitrogens is 4. The maximum atomic E-state index is 12.7. The lowest BCUT2D eigenvalue weighted by Crippen LogP contribution is -2.70. The van der Waals surface area contributed by atoms with E-state index in [4.69, 9.17) is 12.2 Å².